The zero-order valence-electron chi connectivity index (χ0n) is 13.1. The van der Waals surface area contributed by atoms with Crippen molar-refractivity contribution in [3.63, 3.8) is 0 Å². The fourth-order valence-corrected chi connectivity index (χ4v) is 0.544. The van der Waals surface area contributed by atoms with Crippen LogP contribution in [0.15, 0.2) is 0 Å². The molecular formula is C12H23AlO7. The second kappa shape index (κ2) is 23.0. The number of ether oxygens (including phenoxy) is 1. The summed E-state index contributed by atoms with van der Waals surface area (Å²) in [6.07, 6.45) is 0.750. The van der Waals surface area contributed by atoms with E-state index in [9.17, 15) is 0 Å². The van der Waals surface area contributed by atoms with Crippen molar-refractivity contribution in [2.24, 2.45) is 0 Å². The van der Waals surface area contributed by atoms with Crippen LogP contribution in [-0.2, 0) is 19.1 Å². The molecule has 0 spiro atoms. The maximum absolute atomic E-state index is 8.89. The van der Waals surface area contributed by atoms with Crippen molar-refractivity contribution >= 4 is 35.3 Å². The molecule has 0 aromatic heterocycles. The first-order valence-electron chi connectivity index (χ1n) is 5.51. The molecule has 0 amide bonds. The van der Waals surface area contributed by atoms with Gasteiger partial charge in [-0.2, -0.15) is 0 Å². The number of carbonyl (C=O) groups is 3. The van der Waals surface area contributed by atoms with Gasteiger partial charge < -0.3 is 34.4 Å². The summed E-state index contributed by atoms with van der Waals surface area (Å²) >= 11 is 0. The van der Waals surface area contributed by atoms with E-state index >= 15 is 0 Å². The van der Waals surface area contributed by atoms with Gasteiger partial charge in [-0.1, -0.05) is 0 Å². The van der Waals surface area contributed by atoms with Crippen LogP contribution in [0.3, 0.4) is 0 Å². The second-order valence-corrected chi connectivity index (χ2v) is 3.71. The van der Waals surface area contributed by atoms with Gasteiger partial charge in [0.2, 0.25) is 0 Å². The largest absolute Gasteiger partial charge is 3.00 e. The fraction of sp³-hybridized carbons (Fsp3) is 0.750. The molecule has 0 aromatic carbocycles. The Hall–Kier alpha value is -1.10. The van der Waals surface area contributed by atoms with Gasteiger partial charge in [0, 0.05) is 17.9 Å². The van der Waals surface area contributed by atoms with E-state index in [4.69, 9.17) is 34.4 Å². The predicted octanol–water partition coefficient (Wildman–Crippen LogP) is -2.29. The Labute approximate surface area is 131 Å². The van der Waals surface area contributed by atoms with Gasteiger partial charge in [0.05, 0.1) is 12.2 Å². The number of carboxylic acids is 3. The number of aliphatic carboxylic acids is 3. The van der Waals surface area contributed by atoms with Crippen molar-refractivity contribution in [1.82, 2.24) is 0 Å². The molecule has 0 aromatic rings. The number of carboxylic acid groups (broad SMARTS) is 3. The fourth-order valence-electron chi connectivity index (χ4n) is 0.544. The van der Waals surface area contributed by atoms with Gasteiger partial charge in [0.1, 0.15) is 0 Å². The topological polar surface area (TPSA) is 130 Å². The molecule has 0 bridgehead atoms. The van der Waals surface area contributed by atoms with Gasteiger partial charge >= 0.3 is 17.4 Å². The van der Waals surface area contributed by atoms with E-state index in [0.29, 0.717) is 12.2 Å². The van der Waals surface area contributed by atoms with Gasteiger partial charge in [-0.25, -0.2) is 0 Å². The van der Waals surface area contributed by atoms with Crippen molar-refractivity contribution in [3.05, 3.63) is 0 Å². The van der Waals surface area contributed by atoms with Crippen molar-refractivity contribution in [2.75, 3.05) is 0 Å². The normalized spacial score (nSPS) is 7.65. The number of hydrogen-bond donors (Lipinski definition) is 0. The summed E-state index contributed by atoms with van der Waals surface area (Å²) in [7, 11) is 0. The van der Waals surface area contributed by atoms with Gasteiger partial charge in [-0.05, 0) is 48.5 Å². The second-order valence-electron chi connectivity index (χ2n) is 3.71. The molecule has 0 unspecified atom stereocenters. The summed E-state index contributed by atoms with van der Waals surface area (Å²) < 4.78 is 5.25. The maximum Gasteiger partial charge on any atom is 3.00 e. The van der Waals surface area contributed by atoms with Crippen LogP contribution < -0.4 is 15.3 Å². The van der Waals surface area contributed by atoms with Crippen molar-refractivity contribution in [1.29, 1.82) is 0 Å². The molecule has 20 heavy (non-hydrogen) atoms. The molecule has 0 rings (SSSR count). The van der Waals surface area contributed by atoms with Crippen LogP contribution in [0, 0.1) is 0 Å². The van der Waals surface area contributed by atoms with Crippen molar-refractivity contribution in [3.8, 4) is 0 Å². The van der Waals surface area contributed by atoms with E-state index in [1.807, 2.05) is 27.7 Å². The molecule has 0 N–H and O–H groups in total. The zero-order chi connectivity index (χ0) is 16.6. The summed E-state index contributed by atoms with van der Waals surface area (Å²) in [5, 5.41) is 26.7. The van der Waals surface area contributed by atoms with Crippen LogP contribution in [0.25, 0.3) is 0 Å². The van der Waals surface area contributed by atoms with E-state index in [-0.39, 0.29) is 17.4 Å². The Morgan fingerprint density at radius 3 is 0.800 bits per heavy atom. The minimum absolute atomic E-state index is 0. The zero-order valence-corrected chi connectivity index (χ0v) is 14.2. The molecule has 0 fully saturated rings. The quantitative estimate of drug-likeness (QED) is 0.525. The van der Waals surface area contributed by atoms with Crippen LogP contribution >= 0.6 is 0 Å². The molecule has 0 radical (unpaired) electrons. The van der Waals surface area contributed by atoms with Crippen LogP contribution in [0.2, 0.25) is 0 Å². The summed E-state index contributed by atoms with van der Waals surface area (Å²) in [4.78, 5) is 26.7. The Balaban J connectivity index is -0.0000000512. The van der Waals surface area contributed by atoms with E-state index in [1.165, 1.54) is 0 Å². The third-order valence-corrected chi connectivity index (χ3v) is 0.544. The number of rotatable bonds is 2. The predicted molar refractivity (Wildman–Crippen MR) is 69.2 cm³/mol. The van der Waals surface area contributed by atoms with E-state index in [2.05, 4.69) is 0 Å². The summed E-state index contributed by atoms with van der Waals surface area (Å²) in [5.41, 5.74) is 0. The smallest absolute Gasteiger partial charge is 0.550 e. The van der Waals surface area contributed by atoms with E-state index < -0.39 is 17.9 Å². The average Bonchev–Trinajstić information content (AvgIpc) is 1.95. The van der Waals surface area contributed by atoms with E-state index in [0.717, 1.165) is 20.8 Å². The number of hydrogen-bond acceptors (Lipinski definition) is 7. The average molecular weight is 306 g/mol. The minimum Gasteiger partial charge on any atom is -0.550 e. The summed E-state index contributed by atoms with van der Waals surface area (Å²) in [6, 6.07) is 0. The SMILES string of the molecule is CC(=O)[O-].CC(=O)[O-].CC(=O)[O-].CC(C)OC(C)C.[Al+3]. The Morgan fingerprint density at radius 2 is 0.800 bits per heavy atom. The molecule has 8 heteroatoms. The van der Waals surface area contributed by atoms with Crippen molar-refractivity contribution < 1.29 is 34.4 Å². The van der Waals surface area contributed by atoms with Gasteiger partial charge in [0.25, 0.3) is 0 Å². The first kappa shape index (κ1) is 31.3. The molecular weight excluding hydrogens is 283 g/mol. The molecule has 0 heterocycles. The first-order chi connectivity index (χ1) is 8.32. The molecule has 0 aliphatic carbocycles. The van der Waals surface area contributed by atoms with Crippen LogP contribution in [-0.4, -0.2) is 47.5 Å². The maximum atomic E-state index is 8.89. The summed E-state index contributed by atoms with van der Waals surface area (Å²) in [5.74, 6) is -3.25. The molecule has 7 nitrogen and oxygen atoms in total. The third-order valence-electron chi connectivity index (χ3n) is 0.544. The Bertz CT molecular complexity index is 193. The first-order valence-corrected chi connectivity index (χ1v) is 5.51. The monoisotopic (exact) mass is 306 g/mol. The Morgan fingerprint density at radius 1 is 0.700 bits per heavy atom. The molecule has 0 aliphatic heterocycles. The molecule has 0 saturated carbocycles. The van der Waals surface area contributed by atoms with Crippen molar-refractivity contribution in [2.45, 2.75) is 60.7 Å². The van der Waals surface area contributed by atoms with Gasteiger partial charge in [-0.15, -0.1) is 0 Å². The molecule has 0 aliphatic rings. The van der Waals surface area contributed by atoms with E-state index in [1.54, 1.807) is 0 Å². The molecule has 116 valence electrons. The van der Waals surface area contributed by atoms with Crippen LogP contribution in [0.1, 0.15) is 48.5 Å². The Kier molecular flexibility index (Phi) is 36.1. The van der Waals surface area contributed by atoms with Gasteiger partial charge in [-0.3, -0.25) is 0 Å². The molecule has 0 atom stereocenters. The number of carbonyl (C=O) groups excluding carboxylic acids is 3. The summed E-state index contributed by atoms with van der Waals surface area (Å²) in [6.45, 7) is 11.1. The molecule has 0 saturated heterocycles. The standard InChI is InChI=1S/C6H14O.3C2H4O2.Al/c1-5(2)7-6(3)4;3*1-2(3)4;/h5-6H,1-4H3;3*1H3,(H,3,4);/q;;;;+3/p-3. The van der Waals surface area contributed by atoms with Gasteiger partial charge in [0.15, 0.2) is 0 Å². The van der Waals surface area contributed by atoms with Crippen LogP contribution in [0.5, 0.6) is 0 Å². The third kappa shape index (κ3) is 507. The van der Waals surface area contributed by atoms with Crippen LogP contribution in [0.4, 0.5) is 0 Å². The minimum atomic E-state index is -1.08.